The molecule has 0 aliphatic rings. The minimum atomic E-state index is -2.49. The second-order valence-corrected chi connectivity index (χ2v) is 8.30. The van der Waals surface area contributed by atoms with Crippen molar-refractivity contribution in [3.8, 4) is 0 Å². The molecule has 3 aromatic carbocycles. The molecule has 0 saturated heterocycles. The second-order valence-electron chi connectivity index (χ2n) is 6.23. The number of hydrogen-bond donors (Lipinski definition) is 0. The van der Waals surface area contributed by atoms with Gasteiger partial charge in [-0.2, -0.15) is 8.78 Å². The topological polar surface area (TPSA) is 33.2 Å². The van der Waals surface area contributed by atoms with E-state index < -0.39 is 5.76 Å². The Morgan fingerprint density at radius 3 is 2.34 bits per heavy atom. The van der Waals surface area contributed by atoms with Gasteiger partial charge in [0.1, 0.15) is 0 Å². The van der Waals surface area contributed by atoms with E-state index in [1.165, 1.54) is 11.3 Å². The third kappa shape index (κ3) is 4.63. The van der Waals surface area contributed by atoms with Crippen LogP contribution in [0.1, 0.15) is 5.56 Å². The molecule has 1 heterocycles. The summed E-state index contributed by atoms with van der Waals surface area (Å²) in [5.74, 6) is -2.62. The lowest BCUT2D eigenvalue weighted by atomic mass is 10.1. The summed E-state index contributed by atoms with van der Waals surface area (Å²) in [6, 6.07) is 23.7. The summed E-state index contributed by atoms with van der Waals surface area (Å²) in [4.78, 5) is 19.9. The van der Waals surface area contributed by atoms with Gasteiger partial charge in [0.2, 0.25) is 5.91 Å². The van der Waals surface area contributed by atoms with Crippen molar-refractivity contribution < 1.29 is 13.6 Å². The maximum Gasteiger partial charge on any atom is 0.288 e. The molecule has 7 heteroatoms. The predicted octanol–water partition coefficient (Wildman–Crippen LogP) is 6.52. The van der Waals surface area contributed by atoms with Gasteiger partial charge in [-0.15, -0.1) is 0 Å². The van der Waals surface area contributed by atoms with Crippen LogP contribution in [0.5, 0.6) is 0 Å². The second kappa shape index (κ2) is 8.71. The van der Waals surface area contributed by atoms with Gasteiger partial charge in [-0.25, -0.2) is 4.98 Å². The van der Waals surface area contributed by atoms with E-state index in [9.17, 15) is 13.6 Å². The van der Waals surface area contributed by atoms with E-state index in [0.717, 1.165) is 15.8 Å². The minimum Gasteiger partial charge on any atom is -0.274 e. The monoisotopic (exact) mass is 426 g/mol. The van der Waals surface area contributed by atoms with Crippen LogP contribution in [0.25, 0.3) is 10.2 Å². The molecule has 0 N–H and O–H groups in total. The Bertz CT molecular complexity index is 1080. The first-order valence-corrected chi connectivity index (χ1v) is 10.6. The largest absolute Gasteiger partial charge is 0.288 e. The normalized spacial score (nSPS) is 11.1. The number of aromatic nitrogens is 1. The van der Waals surface area contributed by atoms with Crippen LogP contribution in [0.4, 0.5) is 19.6 Å². The number of alkyl halides is 2. The molecule has 1 aromatic heterocycles. The maximum atomic E-state index is 13.2. The molecule has 0 fully saturated rings. The minimum absolute atomic E-state index is 0.135. The number of fused-ring (bicyclic) bond motifs is 1. The predicted molar refractivity (Wildman–Crippen MR) is 115 cm³/mol. The lowest BCUT2D eigenvalue weighted by Gasteiger charge is -2.20. The van der Waals surface area contributed by atoms with Crippen LogP contribution in [-0.2, 0) is 11.2 Å². The van der Waals surface area contributed by atoms with Gasteiger partial charge in [-0.1, -0.05) is 65.6 Å². The Hall–Kier alpha value is -2.77. The average molecular weight is 427 g/mol. The molecule has 0 saturated carbocycles. The number of thiazole rings is 1. The highest BCUT2D eigenvalue weighted by atomic mass is 32.2. The van der Waals surface area contributed by atoms with Gasteiger partial charge in [0.05, 0.1) is 22.3 Å². The van der Waals surface area contributed by atoms with Crippen molar-refractivity contribution in [1.82, 2.24) is 4.98 Å². The fourth-order valence-electron chi connectivity index (χ4n) is 2.94. The number of amides is 1. The SMILES string of the molecule is O=C(Cc1ccccc1)N(c1ccc(SC(F)F)cc1)c1nc2ccccc2s1. The molecule has 3 nitrogen and oxygen atoms in total. The zero-order valence-corrected chi connectivity index (χ0v) is 16.8. The smallest absolute Gasteiger partial charge is 0.274 e. The van der Waals surface area contributed by atoms with Gasteiger partial charge in [0, 0.05) is 4.90 Å². The molecule has 0 aliphatic carbocycles. The highest BCUT2D eigenvalue weighted by Gasteiger charge is 2.22. The van der Waals surface area contributed by atoms with Crippen LogP contribution in [0.2, 0.25) is 0 Å². The molecule has 146 valence electrons. The summed E-state index contributed by atoms with van der Waals surface area (Å²) in [6.07, 6.45) is 0.213. The van der Waals surface area contributed by atoms with Crippen molar-refractivity contribution in [2.45, 2.75) is 17.1 Å². The average Bonchev–Trinajstić information content (AvgIpc) is 3.13. The number of halogens is 2. The zero-order valence-electron chi connectivity index (χ0n) is 15.2. The molecule has 0 spiro atoms. The lowest BCUT2D eigenvalue weighted by Crippen LogP contribution is -2.27. The van der Waals surface area contributed by atoms with E-state index in [-0.39, 0.29) is 12.3 Å². The number of carbonyl (C=O) groups is 1. The Balaban J connectivity index is 1.71. The number of benzene rings is 3. The fourth-order valence-corrected chi connectivity index (χ4v) is 4.45. The van der Waals surface area contributed by atoms with Crippen molar-refractivity contribution in [2.24, 2.45) is 0 Å². The van der Waals surface area contributed by atoms with Gasteiger partial charge in [0.25, 0.3) is 5.76 Å². The lowest BCUT2D eigenvalue weighted by molar-refractivity contribution is -0.117. The van der Waals surface area contributed by atoms with Gasteiger partial charge in [-0.05, 0) is 42.0 Å². The number of carbonyl (C=O) groups excluding carboxylic acids is 1. The summed E-state index contributed by atoms with van der Waals surface area (Å²) in [7, 11) is 0. The molecular weight excluding hydrogens is 410 g/mol. The molecule has 29 heavy (non-hydrogen) atoms. The van der Waals surface area contributed by atoms with E-state index in [0.29, 0.717) is 27.5 Å². The van der Waals surface area contributed by atoms with E-state index >= 15 is 0 Å². The van der Waals surface area contributed by atoms with E-state index in [1.54, 1.807) is 29.2 Å². The quantitative estimate of drug-likeness (QED) is 0.329. The van der Waals surface area contributed by atoms with Crippen molar-refractivity contribution >= 4 is 50.0 Å². The van der Waals surface area contributed by atoms with E-state index in [4.69, 9.17) is 0 Å². The van der Waals surface area contributed by atoms with Crippen LogP contribution in [0, 0.1) is 0 Å². The number of thioether (sulfide) groups is 1. The summed E-state index contributed by atoms with van der Waals surface area (Å²) in [5, 5.41) is 0.557. The first-order chi connectivity index (χ1) is 14.1. The molecule has 1 amide bonds. The van der Waals surface area contributed by atoms with Crippen LogP contribution >= 0.6 is 23.1 Å². The number of anilines is 2. The molecule has 0 aliphatic heterocycles. The summed E-state index contributed by atoms with van der Waals surface area (Å²) < 4.78 is 26.2. The Labute approximate surface area is 175 Å². The third-order valence-corrected chi connectivity index (χ3v) is 5.99. The number of para-hydroxylation sites is 1. The highest BCUT2D eigenvalue weighted by molar-refractivity contribution is 7.99. The Morgan fingerprint density at radius 2 is 1.66 bits per heavy atom. The Morgan fingerprint density at radius 1 is 0.966 bits per heavy atom. The van der Waals surface area contributed by atoms with Crippen molar-refractivity contribution in [1.29, 1.82) is 0 Å². The highest BCUT2D eigenvalue weighted by Crippen LogP contribution is 2.35. The molecule has 4 rings (SSSR count). The maximum absolute atomic E-state index is 13.2. The van der Waals surface area contributed by atoms with Crippen LogP contribution < -0.4 is 4.90 Å². The molecule has 0 radical (unpaired) electrons. The summed E-state index contributed by atoms with van der Waals surface area (Å²) >= 11 is 1.90. The van der Waals surface area contributed by atoms with E-state index in [2.05, 4.69) is 4.98 Å². The van der Waals surface area contributed by atoms with Crippen LogP contribution in [-0.4, -0.2) is 16.6 Å². The molecule has 0 unspecified atom stereocenters. The molecule has 4 aromatic rings. The summed E-state index contributed by atoms with van der Waals surface area (Å²) in [6.45, 7) is 0. The number of rotatable bonds is 6. The molecular formula is C22H16F2N2OS2. The van der Waals surface area contributed by atoms with Gasteiger partial charge < -0.3 is 0 Å². The summed E-state index contributed by atoms with van der Waals surface area (Å²) in [5.41, 5.74) is 2.31. The molecule has 0 atom stereocenters. The fraction of sp³-hybridized carbons (Fsp3) is 0.0909. The van der Waals surface area contributed by atoms with Gasteiger partial charge in [-0.3, -0.25) is 9.69 Å². The first-order valence-electron chi connectivity index (χ1n) is 8.87. The number of hydrogen-bond acceptors (Lipinski definition) is 4. The zero-order chi connectivity index (χ0) is 20.2. The van der Waals surface area contributed by atoms with Gasteiger partial charge >= 0.3 is 0 Å². The first kappa shape index (κ1) is 19.5. The van der Waals surface area contributed by atoms with E-state index in [1.807, 2.05) is 54.6 Å². The number of nitrogens with zero attached hydrogens (tertiary/aromatic N) is 2. The van der Waals surface area contributed by atoms with Crippen LogP contribution in [0.15, 0.2) is 83.8 Å². The van der Waals surface area contributed by atoms with Crippen LogP contribution in [0.3, 0.4) is 0 Å². The van der Waals surface area contributed by atoms with Crippen molar-refractivity contribution in [3.63, 3.8) is 0 Å². The van der Waals surface area contributed by atoms with Crippen molar-refractivity contribution in [2.75, 3.05) is 4.90 Å². The standard InChI is InChI=1S/C22H16F2N2OS2/c23-21(24)28-17-12-10-16(11-13-17)26(20(27)14-15-6-2-1-3-7-15)22-25-18-8-4-5-9-19(18)29-22/h1-13,21H,14H2. The van der Waals surface area contributed by atoms with Crippen molar-refractivity contribution in [3.05, 3.63) is 84.4 Å². The third-order valence-electron chi connectivity index (χ3n) is 4.24. The molecule has 0 bridgehead atoms. The Kier molecular flexibility index (Phi) is 5.87. The van der Waals surface area contributed by atoms with Gasteiger partial charge in [0.15, 0.2) is 5.13 Å².